The Morgan fingerprint density at radius 3 is 3.00 bits per heavy atom. The van der Waals surface area contributed by atoms with Crippen LogP contribution in [0.2, 0.25) is 0 Å². The zero-order valence-corrected chi connectivity index (χ0v) is 9.08. The lowest BCUT2D eigenvalue weighted by atomic mass is 10.0. The quantitative estimate of drug-likeness (QED) is 0.498. The van der Waals surface area contributed by atoms with Crippen molar-refractivity contribution in [3.8, 4) is 11.1 Å². The smallest absolute Gasteiger partial charge is 0.143 e. The minimum absolute atomic E-state index is 0.917. The number of benzene rings is 1. The molecule has 0 amide bonds. The summed E-state index contributed by atoms with van der Waals surface area (Å²) in [5, 5.41) is 6.65. The molecule has 0 fully saturated rings. The molecule has 0 radical (unpaired) electrons. The van der Waals surface area contributed by atoms with E-state index in [1.54, 1.807) is 17.7 Å². The highest BCUT2D eigenvalue weighted by atomic mass is 32.1. The van der Waals surface area contributed by atoms with Crippen molar-refractivity contribution in [3.63, 3.8) is 0 Å². The molecule has 0 saturated carbocycles. The van der Waals surface area contributed by atoms with Crippen molar-refractivity contribution in [2.24, 2.45) is 0 Å². The van der Waals surface area contributed by atoms with Gasteiger partial charge in [0.15, 0.2) is 0 Å². The second kappa shape index (κ2) is 2.80. The molecule has 76 valence electrons. The Morgan fingerprint density at radius 2 is 2.00 bits per heavy atom. The maximum absolute atomic E-state index is 4.29. The van der Waals surface area contributed by atoms with Crippen molar-refractivity contribution in [2.45, 2.75) is 0 Å². The number of fused-ring (bicyclic) bond motifs is 2. The monoisotopic (exact) mass is 225 g/mol. The molecule has 0 atom stereocenters. The van der Waals surface area contributed by atoms with E-state index in [1.807, 2.05) is 6.07 Å². The highest BCUT2D eigenvalue weighted by Crippen LogP contribution is 2.44. The molecule has 0 saturated heterocycles. The fourth-order valence-corrected chi connectivity index (χ4v) is 3.03. The lowest BCUT2D eigenvalue weighted by molar-refractivity contribution is 1.23. The number of para-hydroxylation sites is 1. The van der Waals surface area contributed by atoms with Crippen molar-refractivity contribution >= 4 is 33.1 Å². The molecule has 0 unspecified atom stereocenters. The first-order chi connectivity index (χ1) is 7.93. The third kappa shape index (κ3) is 0.919. The van der Waals surface area contributed by atoms with Gasteiger partial charge in [0.2, 0.25) is 0 Å². The minimum Gasteiger partial charge on any atom is -0.339 e. The van der Waals surface area contributed by atoms with Crippen LogP contribution in [0.25, 0.3) is 21.3 Å². The highest BCUT2D eigenvalue weighted by Gasteiger charge is 2.19. The summed E-state index contributed by atoms with van der Waals surface area (Å²) in [6, 6.07) is 8.28. The molecule has 1 aromatic carbocycles. The summed E-state index contributed by atoms with van der Waals surface area (Å²) in [4.78, 5) is 9.62. The normalized spacial score (nSPS) is 12.2. The second-order valence-electron chi connectivity index (χ2n) is 3.72. The van der Waals surface area contributed by atoms with Gasteiger partial charge in [-0.1, -0.05) is 18.2 Å². The molecule has 1 aliphatic rings. The van der Waals surface area contributed by atoms with Crippen LogP contribution in [0.3, 0.4) is 0 Å². The molecule has 3 nitrogen and oxygen atoms in total. The van der Waals surface area contributed by atoms with Crippen LogP contribution < -0.4 is 5.32 Å². The van der Waals surface area contributed by atoms with Gasteiger partial charge in [-0.25, -0.2) is 9.97 Å². The maximum atomic E-state index is 4.29. The summed E-state index contributed by atoms with van der Waals surface area (Å²) < 4.78 is 0. The SMILES string of the molecule is c1ccc2c(c1)Nc1ncnc3scc-2c13. The number of aromatic nitrogens is 2. The van der Waals surface area contributed by atoms with E-state index in [2.05, 4.69) is 38.9 Å². The Hall–Kier alpha value is -1.94. The number of nitrogens with zero attached hydrogens (tertiary/aromatic N) is 2. The molecular formula is C12H7N3S. The molecule has 1 N–H and O–H groups in total. The molecule has 4 heteroatoms. The van der Waals surface area contributed by atoms with E-state index in [0.29, 0.717) is 0 Å². The van der Waals surface area contributed by atoms with Crippen LogP contribution >= 0.6 is 11.3 Å². The summed E-state index contributed by atoms with van der Waals surface area (Å²) >= 11 is 1.67. The number of hydrogen-bond donors (Lipinski definition) is 1. The van der Waals surface area contributed by atoms with Gasteiger partial charge in [0.05, 0.1) is 5.39 Å². The van der Waals surface area contributed by atoms with Crippen LogP contribution in [0, 0.1) is 0 Å². The van der Waals surface area contributed by atoms with Gasteiger partial charge < -0.3 is 5.32 Å². The molecule has 4 rings (SSSR count). The van der Waals surface area contributed by atoms with Crippen LogP contribution in [0.5, 0.6) is 0 Å². The Morgan fingerprint density at radius 1 is 1.06 bits per heavy atom. The molecular weight excluding hydrogens is 218 g/mol. The van der Waals surface area contributed by atoms with Gasteiger partial charge in [0, 0.05) is 22.2 Å². The predicted octanol–water partition coefficient (Wildman–Crippen LogP) is 3.42. The van der Waals surface area contributed by atoms with E-state index in [1.165, 1.54) is 11.1 Å². The number of rotatable bonds is 0. The van der Waals surface area contributed by atoms with Gasteiger partial charge in [-0.05, 0) is 6.07 Å². The standard InChI is InChI=1S/C12H7N3S/c1-2-4-9-7(3-1)8-5-16-12-10(8)11(15-9)13-6-14-12/h1-6H,(H,13,14,15). The number of hydrogen-bond acceptors (Lipinski definition) is 4. The zero-order valence-electron chi connectivity index (χ0n) is 8.27. The Bertz CT molecular complexity index is 702. The van der Waals surface area contributed by atoms with Gasteiger partial charge in [0.1, 0.15) is 17.0 Å². The fourth-order valence-electron chi connectivity index (χ4n) is 2.12. The molecule has 2 aromatic heterocycles. The first-order valence-corrected chi connectivity index (χ1v) is 5.90. The largest absolute Gasteiger partial charge is 0.339 e. The van der Waals surface area contributed by atoms with Crippen LogP contribution in [0.4, 0.5) is 11.5 Å². The molecule has 3 aromatic rings. The van der Waals surface area contributed by atoms with E-state index in [4.69, 9.17) is 0 Å². The Kier molecular flexibility index (Phi) is 1.44. The van der Waals surface area contributed by atoms with Crippen LogP contribution in [-0.4, -0.2) is 9.97 Å². The topological polar surface area (TPSA) is 37.8 Å². The number of thiophene rings is 1. The van der Waals surface area contributed by atoms with E-state index >= 15 is 0 Å². The average molecular weight is 225 g/mol. The highest BCUT2D eigenvalue weighted by molar-refractivity contribution is 7.17. The van der Waals surface area contributed by atoms with Gasteiger partial charge >= 0.3 is 0 Å². The summed E-state index contributed by atoms with van der Waals surface area (Å²) in [6.45, 7) is 0. The summed E-state index contributed by atoms with van der Waals surface area (Å²) in [6.07, 6.45) is 1.61. The predicted molar refractivity (Wildman–Crippen MR) is 66.1 cm³/mol. The lowest BCUT2D eigenvalue weighted by Gasteiger charge is -2.17. The zero-order chi connectivity index (χ0) is 10.5. The van der Waals surface area contributed by atoms with Crippen molar-refractivity contribution in [3.05, 3.63) is 36.0 Å². The third-order valence-electron chi connectivity index (χ3n) is 2.84. The first kappa shape index (κ1) is 8.24. The van der Waals surface area contributed by atoms with Crippen LogP contribution in [0.1, 0.15) is 0 Å². The number of nitrogens with one attached hydrogen (secondary N) is 1. The van der Waals surface area contributed by atoms with Crippen molar-refractivity contribution in [1.82, 2.24) is 9.97 Å². The molecule has 3 heterocycles. The number of anilines is 2. The molecule has 0 aliphatic carbocycles. The van der Waals surface area contributed by atoms with E-state index < -0.39 is 0 Å². The molecule has 16 heavy (non-hydrogen) atoms. The van der Waals surface area contributed by atoms with Gasteiger partial charge in [0.25, 0.3) is 0 Å². The summed E-state index contributed by atoms with van der Waals surface area (Å²) in [7, 11) is 0. The van der Waals surface area contributed by atoms with Gasteiger partial charge in [-0.2, -0.15) is 0 Å². The lowest BCUT2D eigenvalue weighted by Crippen LogP contribution is -2.01. The van der Waals surface area contributed by atoms with Gasteiger partial charge in [-0.15, -0.1) is 11.3 Å². The minimum atomic E-state index is 0.917. The van der Waals surface area contributed by atoms with Crippen molar-refractivity contribution in [1.29, 1.82) is 0 Å². The Labute approximate surface area is 95.8 Å². The summed E-state index contributed by atoms with van der Waals surface area (Å²) in [5.41, 5.74) is 3.59. The van der Waals surface area contributed by atoms with E-state index in [-0.39, 0.29) is 0 Å². The van der Waals surface area contributed by atoms with Crippen LogP contribution in [0.15, 0.2) is 36.0 Å². The van der Waals surface area contributed by atoms with Crippen molar-refractivity contribution < 1.29 is 0 Å². The van der Waals surface area contributed by atoms with E-state index in [9.17, 15) is 0 Å². The molecule has 1 aliphatic heterocycles. The average Bonchev–Trinajstić information content (AvgIpc) is 2.76. The second-order valence-corrected chi connectivity index (χ2v) is 4.58. The van der Waals surface area contributed by atoms with Crippen molar-refractivity contribution in [2.75, 3.05) is 5.32 Å². The first-order valence-electron chi connectivity index (χ1n) is 5.02. The Balaban J connectivity index is 2.21. The third-order valence-corrected chi connectivity index (χ3v) is 3.73. The maximum Gasteiger partial charge on any atom is 0.143 e. The van der Waals surface area contributed by atoms with E-state index in [0.717, 1.165) is 21.7 Å². The molecule has 0 spiro atoms. The fraction of sp³-hybridized carbons (Fsp3) is 0. The molecule has 0 bridgehead atoms. The van der Waals surface area contributed by atoms with Crippen LogP contribution in [-0.2, 0) is 0 Å². The summed E-state index contributed by atoms with van der Waals surface area (Å²) in [5.74, 6) is 0.917. The van der Waals surface area contributed by atoms with Gasteiger partial charge in [-0.3, -0.25) is 0 Å².